The Morgan fingerprint density at radius 1 is 1.00 bits per heavy atom. The average molecular weight is 729 g/mol. The highest BCUT2D eigenvalue weighted by Gasteiger charge is 2.40. The van der Waals surface area contributed by atoms with Gasteiger partial charge < -0.3 is 20.1 Å². The summed E-state index contributed by atoms with van der Waals surface area (Å²) in [7, 11) is -2.72. The van der Waals surface area contributed by atoms with Gasteiger partial charge in [0.2, 0.25) is 15.9 Å². The van der Waals surface area contributed by atoms with Crippen LogP contribution in [0, 0.1) is 29.3 Å². The van der Waals surface area contributed by atoms with Crippen molar-refractivity contribution in [2.24, 2.45) is 16.8 Å². The van der Waals surface area contributed by atoms with Gasteiger partial charge >= 0.3 is 6.09 Å². The molecule has 0 radical (unpaired) electrons. The number of aliphatic imine (C=N–C) groups is 1. The van der Waals surface area contributed by atoms with Crippen molar-refractivity contribution in [2.45, 2.75) is 62.4 Å². The van der Waals surface area contributed by atoms with E-state index in [0.29, 0.717) is 44.7 Å². The Balaban J connectivity index is 1.48. The summed E-state index contributed by atoms with van der Waals surface area (Å²) in [6.07, 6.45) is 0.368. The maximum Gasteiger partial charge on any atom is 0.433 e. The predicted octanol–water partition coefficient (Wildman–Crippen LogP) is 6.08. The minimum atomic E-state index is -3.87. The molecule has 274 valence electrons. The molecule has 3 aromatic rings. The van der Waals surface area contributed by atoms with Gasteiger partial charge in [-0.3, -0.25) is 4.79 Å². The van der Waals surface area contributed by atoms with Crippen molar-refractivity contribution in [1.82, 2.24) is 9.62 Å². The highest BCUT2D eigenvalue weighted by Crippen LogP contribution is 2.40. The topological polar surface area (TPSA) is 126 Å². The number of methoxy groups -OCH3 is 1. The highest BCUT2D eigenvalue weighted by molar-refractivity contribution is 7.89. The SMILES string of the molecule is COC(=O)N=C(C)C(C(=O)Nc1cccc(F)c1CCC1CNCC(C)N1S(=O)(=O)c1ccccc1)C(c1ccc(F)c(F)c1)C1CCOCC1. The zero-order valence-electron chi connectivity index (χ0n) is 28.8. The largest absolute Gasteiger partial charge is 0.451 e. The average Bonchev–Trinajstić information content (AvgIpc) is 3.12. The molecule has 2 aliphatic rings. The predicted molar refractivity (Wildman–Crippen MR) is 187 cm³/mol. The lowest BCUT2D eigenvalue weighted by Crippen LogP contribution is -2.58. The minimum absolute atomic E-state index is 0.0718. The fourth-order valence-electron chi connectivity index (χ4n) is 7.23. The quantitative estimate of drug-likeness (QED) is 0.229. The molecule has 2 aliphatic heterocycles. The van der Waals surface area contributed by atoms with Crippen molar-refractivity contribution < 1.29 is 40.7 Å². The molecule has 0 aromatic heterocycles. The number of rotatable bonds is 11. The highest BCUT2D eigenvalue weighted by atomic mass is 32.2. The van der Waals surface area contributed by atoms with E-state index in [2.05, 4.69) is 15.6 Å². The van der Waals surface area contributed by atoms with Crippen LogP contribution < -0.4 is 10.6 Å². The molecule has 10 nitrogen and oxygen atoms in total. The number of anilines is 1. The zero-order valence-corrected chi connectivity index (χ0v) is 29.6. The maximum atomic E-state index is 15.6. The van der Waals surface area contributed by atoms with Crippen molar-refractivity contribution in [3.8, 4) is 0 Å². The Hall–Kier alpha value is -4.11. The molecule has 4 unspecified atom stereocenters. The summed E-state index contributed by atoms with van der Waals surface area (Å²) in [5, 5.41) is 6.11. The molecule has 51 heavy (non-hydrogen) atoms. The first kappa shape index (κ1) is 38.1. The van der Waals surface area contributed by atoms with E-state index in [4.69, 9.17) is 9.47 Å². The summed E-state index contributed by atoms with van der Waals surface area (Å²) in [6.45, 7) is 4.86. The summed E-state index contributed by atoms with van der Waals surface area (Å²) in [6, 6.07) is 15.0. The molecule has 0 aliphatic carbocycles. The third kappa shape index (κ3) is 8.86. The zero-order chi connectivity index (χ0) is 36.7. The molecule has 14 heteroatoms. The number of piperazine rings is 1. The Labute approximate surface area is 296 Å². The van der Waals surface area contributed by atoms with Crippen molar-refractivity contribution in [3.63, 3.8) is 0 Å². The summed E-state index contributed by atoms with van der Waals surface area (Å²) in [5.74, 6) is -5.56. The van der Waals surface area contributed by atoms with Crippen LogP contribution in [0.2, 0.25) is 0 Å². The lowest BCUT2D eigenvalue weighted by Gasteiger charge is -2.40. The number of nitrogens with zero attached hydrogens (tertiary/aromatic N) is 2. The standard InChI is InChI=1S/C37H43F3N4O6S/c1-23-21-41-22-27(44(23)51(47,48)28-8-5-4-6-9-28)13-14-29-30(38)10-7-11-33(29)43-36(45)34(24(2)42-37(46)49-3)35(25-16-18-50-19-17-25)26-12-15-31(39)32(40)20-26/h4-12,15,20,23,25,27,34-35,41H,13-14,16-19,21-22H2,1-3H3,(H,43,45). The number of amides is 2. The first-order valence-electron chi connectivity index (χ1n) is 17.0. The van der Waals surface area contributed by atoms with Gasteiger partial charge in [0, 0.05) is 61.3 Å². The van der Waals surface area contributed by atoms with Crippen molar-refractivity contribution in [3.05, 3.63) is 95.3 Å². The Bertz CT molecular complexity index is 1840. The Kier molecular flexibility index (Phi) is 12.7. The van der Waals surface area contributed by atoms with Gasteiger partial charge in [-0.05, 0) is 87.4 Å². The molecule has 4 atom stereocenters. The summed E-state index contributed by atoms with van der Waals surface area (Å²) in [5.41, 5.74) is 0.722. The van der Waals surface area contributed by atoms with Crippen LogP contribution in [0.15, 0.2) is 76.6 Å². The summed E-state index contributed by atoms with van der Waals surface area (Å²) >= 11 is 0. The molecular formula is C37H43F3N4O6S. The molecule has 2 amide bonds. The lowest BCUT2D eigenvalue weighted by molar-refractivity contribution is -0.119. The number of benzene rings is 3. The van der Waals surface area contributed by atoms with Crippen LogP contribution in [0.5, 0.6) is 0 Å². The van der Waals surface area contributed by atoms with E-state index in [9.17, 15) is 26.8 Å². The second kappa shape index (κ2) is 16.9. The third-order valence-electron chi connectivity index (χ3n) is 9.67. The van der Waals surface area contributed by atoms with Crippen LogP contribution in [0.25, 0.3) is 0 Å². The molecule has 2 N–H and O–H groups in total. The van der Waals surface area contributed by atoms with E-state index < -0.39 is 57.4 Å². The fourth-order valence-corrected chi connectivity index (χ4v) is 9.10. The van der Waals surface area contributed by atoms with Crippen LogP contribution in [0.4, 0.5) is 23.7 Å². The minimum Gasteiger partial charge on any atom is -0.451 e. The summed E-state index contributed by atoms with van der Waals surface area (Å²) < 4.78 is 83.6. The second-order valence-electron chi connectivity index (χ2n) is 13.0. The van der Waals surface area contributed by atoms with Crippen LogP contribution in [0.3, 0.4) is 0 Å². The van der Waals surface area contributed by atoms with Gasteiger partial charge in [0.1, 0.15) is 5.82 Å². The fraction of sp³-hybridized carbons (Fsp3) is 0.432. The van der Waals surface area contributed by atoms with Gasteiger partial charge in [0.15, 0.2) is 11.6 Å². The number of nitrogens with one attached hydrogen (secondary N) is 2. The molecule has 2 heterocycles. The van der Waals surface area contributed by atoms with Crippen LogP contribution in [-0.2, 0) is 30.7 Å². The smallest absolute Gasteiger partial charge is 0.433 e. The first-order valence-corrected chi connectivity index (χ1v) is 18.4. The van der Waals surface area contributed by atoms with Crippen molar-refractivity contribution in [1.29, 1.82) is 0 Å². The molecule has 5 rings (SSSR count). The normalized spacial score (nSPS) is 20.4. The van der Waals surface area contributed by atoms with Gasteiger partial charge in [-0.15, -0.1) is 0 Å². The van der Waals surface area contributed by atoms with Crippen LogP contribution >= 0.6 is 0 Å². The lowest BCUT2D eigenvalue weighted by atomic mass is 9.71. The van der Waals surface area contributed by atoms with Gasteiger partial charge in [-0.1, -0.05) is 30.3 Å². The summed E-state index contributed by atoms with van der Waals surface area (Å²) in [4.78, 5) is 30.9. The maximum absolute atomic E-state index is 15.6. The van der Waals surface area contributed by atoms with Crippen molar-refractivity contribution >= 4 is 33.4 Å². The number of carbonyl (C=O) groups excluding carboxylic acids is 2. The first-order chi connectivity index (χ1) is 24.4. The Morgan fingerprint density at radius 3 is 2.41 bits per heavy atom. The van der Waals surface area contributed by atoms with E-state index in [-0.39, 0.29) is 46.7 Å². The van der Waals surface area contributed by atoms with Gasteiger partial charge in [0.25, 0.3) is 0 Å². The monoisotopic (exact) mass is 728 g/mol. The molecule has 2 saturated heterocycles. The van der Waals surface area contributed by atoms with Crippen molar-refractivity contribution in [2.75, 3.05) is 38.7 Å². The number of hydrogen-bond acceptors (Lipinski definition) is 7. The van der Waals surface area contributed by atoms with E-state index in [1.54, 1.807) is 36.4 Å². The number of hydrogen-bond donors (Lipinski definition) is 2. The third-order valence-corrected chi connectivity index (χ3v) is 11.8. The Morgan fingerprint density at radius 2 is 1.73 bits per heavy atom. The molecule has 2 fully saturated rings. The van der Waals surface area contributed by atoms with E-state index >= 15 is 4.39 Å². The van der Waals surface area contributed by atoms with Gasteiger partial charge in [-0.25, -0.2) is 26.4 Å². The second-order valence-corrected chi connectivity index (χ2v) is 14.8. The number of halogens is 3. The van der Waals surface area contributed by atoms with Crippen LogP contribution in [0.1, 0.15) is 50.2 Å². The van der Waals surface area contributed by atoms with Gasteiger partial charge in [-0.2, -0.15) is 9.30 Å². The van der Waals surface area contributed by atoms with E-state index in [1.807, 2.05) is 6.92 Å². The van der Waals surface area contributed by atoms with Gasteiger partial charge in [0.05, 0.1) is 17.9 Å². The number of ether oxygens (including phenoxy) is 2. The number of carbonyl (C=O) groups is 2. The number of sulfonamides is 1. The molecule has 0 bridgehead atoms. The van der Waals surface area contributed by atoms with E-state index in [1.165, 1.54) is 29.4 Å². The van der Waals surface area contributed by atoms with E-state index in [0.717, 1.165) is 19.2 Å². The molecule has 0 saturated carbocycles. The molecular weight excluding hydrogens is 685 g/mol. The molecule has 0 spiro atoms. The molecule has 3 aromatic carbocycles. The van der Waals surface area contributed by atoms with Crippen LogP contribution in [-0.4, -0.2) is 75.9 Å².